The highest BCUT2D eigenvalue weighted by molar-refractivity contribution is 7.84. The predicted octanol–water partition coefficient (Wildman–Crippen LogP) is 1.86. The van der Waals surface area contributed by atoms with Crippen molar-refractivity contribution in [2.24, 2.45) is 5.92 Å². The van der Waals surface area contributed by atoms with Gasteiger partial charge in [0.1, 0.15) is 0 Å². The fraction of sp³-hybridized carbons (Fsp3) is 0.562. The van der Waals surface area contributed by atoms with Gasteiger partial charge >= 0.3 is 6.03 Å². The molecule has 0 heterocycles. The van der Waals surface area contributed by atoms with Crippen LogP contribution in [0, 0.1) is 5.92 Å². The van der Waals surface area contributed by atoms with Crippen LogP contribution in [0.4, 0.5) is 4.79 Å². The second-order valence-electron chi connectivity index (χ2n) is 5.87. The van der Waals surface area contributed by atoms with Gasteiger partial charge < -0.3 is 10.6 Å². The van der Waals surface area contributed by atoms with Crippen LogP contribution in [-0.4, -0.2) is 34.8 Å². The van der Waals surface area contributed by atoms with Gasteiger partial charge in [-0.1, -0.05) is 24.3 Å². The van der Waals surface area contributed by atoms with Gasteiger partial charge in [0, 0.05) is 35.4 Å². The van der Waals surface area contributed by atoms with Crippen LogP contribution in [0.3, 0.4) is 0 Å². The van der Waals surface area contributed by atoms with E-state index < -0.39 is 10.8 Å². The zero-order chi connectivity index (χ0) is 15.2. The average Bonchev–Trinajstić information content (AvgIpc) is 2.79. The molecule has 0 saturated heterocycles. The molecule has 1 aromatic rings. The van der Waals surface area contributed by atoms with E-state index in [-0.39, 0.29) is 12.1 Å². The highest BCUT2D eigenvalue weighted by Crippen LogP contribution is 2.28. The summed E-state index contributed by atoms with van der Waals surface area (Å²) in [6.07, 6.45) is 4.87. The minimum absolute atomic E-state index is 0.0634. The first-order valence-electron chi connectivity index (χ1n) is 7.45. The summed E-state index contributed by atoms with van der Waals surface area (Å²) in [6.45, 7) is 2.56. The van der Waals surface area contributed by atoms with E-state index >= 15 is 0 Å². The number of nitrogens with one attached hydrogen (secondary N) is 2. The molecule has 2 N–H and O–H groups in total. The summed E-state index contributed by atoms with van der Waals surface area (Å²) in [4.78, 5) is 11.7. The summed E-state index contributed by atoms with van der Waals surface area (Å²) < 4.78 is 11.1. The van der Waals surface area contributed by atoms with Crippen molar-refractivity contribution in [3.05, 3.63) is 35.4 Å². The lowest BCUT2D eigenvalue weighted by Crippen LogP contribution is -2.43. The SMILES string of the molecule is C[C@@H](C[S@](C)=O)NC(=O)NCCC1Cc2ccccc2C1. The maximum absolute atomic E-state index is 11.7. The number of amides is 2. The van der Waals surface area contributed by atoms with E-state index in [4.69, 9.17) is 0 Å². The lowest BCUT2D eigenvalue weighted by molar-refractivity contribution is 0.238. The van der Waals surface area contributed by atoms with E-state index in [2.05, 4.69) is 34.9 Å². The Morgan fingerprint density at radius 3 is 2.52 bits per heavy atom. The number of benzene rings is 1. The van der Waals surface area contributed by atoms with Crippen molar-refractivity contribution in [2.45, 2.75) is 32.2 Å². The standard InChI is InChI=1S/C16H24N2O2S/c1-12(11-21(2)20)18-16(19)17-8-7-13-9-14-5-3-4-6-15(14)10-13/h3-6,12-13H,7-11H2,1-2H3,(H2,17,18,19)/t12-,21-/m0/s1. The van der Waals surface area contributed by atoms with Crippen molar-refractivity contribution in [1.82, 2.24) is 10.6 Å². The summed E-state index contributed by atoms with van der Waals surface area (Å²) in [5.41, 5.74) is 2.90. The molecule has 5 heteroatoms. The number of hydrogen-bond donors (Lipinski definition) is 2. The second kappa shape index (κ2) is 7.59. The van der Waals surface area contributed by atoms with Crippen molar-refractivity contribution in [1.29, 1.82) is 0 Å². The van der Waals surface area contributed by atoms with Crippen molar-refractivity contribution in [2.75, 3.05) is 18.6 Å². The Morgan fingerprint density at radius 1 is 1.33 bits per heavy atom. The normalized spacial score (nSPS) is 17.0. The third kappa shape index (κ3) is 5.16. The molecule has 0 unspecified atom stereocenters. The molecule has 0 spiro atoms. The summed E-state index contributed by atoms with van der Waals surface area (Å²) in [7, 11) is -0.885. The molecule has 0 saturated carbocycles. The van der Waals surface area contributed by atoms with Crippen LogP contribution in [0.15, 0.2) is 24.3 Å². The molecule has 1 aromatic carbocycles. The first-order chi connectivity index (χ1) is 10.0. The Balaban J connectivity index is 1.64. The zero-order valence-electron chi connectivity index (χ0n) is 12.7. The second-order valence-corrected chi connectivity index (χ2v) is 7.35. The fourth-order valence-electron chi connectivity index (χ4n) is 2.91. The van der Waals surface area contributed by atoms with Crippen molar-refractivity contribution in [3.8, 4) is 0 Å². The van der Waals surface area contributed by atoms with Gasteiger partial charge in [-0.25, -0.2) is 4.79 Å². The largest absolute Gasteiger partial charge is 0.338 e. The molecule has 116 valence electrons. The van der Waals surface area contributed by atoms with E-state index in [0.717, 1.165) is 19.3 Å². The van der Waals surface area contributed by atoms with Crippen LogP contribution < -0.4 is 10.6 Å². The van der Waals surface area contributed by atoms with Gasteiger partial charge in [0.05, 0.1) is 0 Å². The Morgan fingerprint density at radius 2 is 1.95 bits per heavy atom. The molecule has 0 aliphatic heterocycles. The molecule has 1 aliphatic rings. The summed E-state index contributed by atoms with van der Waals surface area (Å²) in [5, 5.41) is 5.70. The minimum Gasteiger partial charge on any atom is -0.338 e. The number of carbonyl (C=O) groups excluding carboxylic acids is 1. The van der Waals surface area contributed by atoms with Crippen molar-refractivity contribution >= 4 is 16.8 Å². The van der Waals surface area contributed by atoms with Crippen LogP contribution in [0.25, 0.3) is 0 Å². The fourth-order valence-corrected chi connectivity index (χ4v) is 3.70. The lowest BCUT2D eigenvalue weighted by atomic mass is 10.0. The smallest absolute Gasteiger partial charge is 0.315 e. The molecule has 0 bridgehead atoms. The third-order valence-corrected chi connectivity index (χ3v) is 4.81. The Labute approximate surface area is 129 Å². The molecule has 0 radical (unpaired) electrons. The van der Waals surface area contributed by atoms with Gasteiger partial charge in [-0.05, 0) is 43.2 Å². The molecule has 0 fully saturated rings. The van der Waals surface area contributed by atoms with E-state index in [1.54, 1.807) is 6.26 Å². The molecule has 1 aliphatic carbocycles. The quantitative estimate of drug-likeness (QED) is 0.843. The van der Waals surface area contributed by atoms with Gasteiger partial charge in [-0.15, -0.1) is 0 Å². The van der Waals surface area contributed by atoms with Gasteiger partial charge in [-0.3, -0.25) is 4.21 Å². The topological polar surface area (TPSA) is 58.2 Å². The van der Waals surface area contributed by atoms with Crippen LogP contribution >= 0.6 is 0 Å². The molecule has 2 amide bonds. The summed E-state index contributed by atoms with van der Waals surface area (Å²) in [6, 6.07) is 8.34. The Hall–Kier alpha value is -1.36. The monoisotopic (exact) mass is 308 g/mol. The third-order valence-electron chi connectivity index (χ3n) is 3.84. The maximum atomic E-state index is 11.7. The van der Waals surface area contributed by atoms with E-state index in [9.17, 15) is 9.00 Å². The van der Waals surface area contributed by atoms with E-state index in [1.807, 2.05) is 6.92 Å². The van der Waals surface area contributed by atoms with Crippen molar-refractivity contribution in [3.63, 3.8) is 0 Å². The van der Waals surface area contributed by atoms with Gasteiger partial charge in [0.25, 0.3) is 0 Å². The van der Waals surface area contributed by atoms with E-state index in [0.29, 0.717) is 18.2 Å². The minimum atomic E-state index is -0.885. The highest BCUT2D eigenvalue weighted by Gasteiger charge is 2.20. The highest BCUT2D eigenvalue weighted by atomic mass is 32.2. The van der Waals surface area contributed by atoms with Crippen LogP contribution in [0.1, 0.15) is 24.5 Å². The predicted molar refractivity (Wildman–Crippen MR) is 86.9 cm³/mol. The van der Waals surface area contributed by atoms with E-state index in [1.165, 1.54) is 11.1 Å². The maximum Gasteiger partial charge on any atom is 0.315 e. The molecule has 0 aromatic heterocycles. The number of urea groups is 1. The molecule has 2 atom stereocenters. The summed E-state index contributed by atoms with van der Waals surface area (Å²) >= 11 is 0. The molecule has 4 nitrogen and oxygen atoms in total. The lowest BCUT2D eigenvalue weighted by Gasteiger charge is -2.14. The molecule has 21 heavy (non-hydrogen) atoms. The zero-order valence-corrected chi connectivity index (χ0v) is 13.5. The number of hydrogen-bond acceptors (Lipinski definition) is 2. The number of rotatable bonds is 6. The molecular weight excluding hydrogens is 284 g/mol. The average molecular weight is 308 g/mol. The van der Waals surface area contributed by atoms with Crippen LogP contribution in [0.5, 0.6) is 0 Å². The van der Waals surface area contributed by atoms with Crippen molar-refractivity contribution < 1.29 is 9.00 Å². The first kappa shape index (κ1) is 16.0. The van der Waals surface area contributed by atoms with Gasteiger partial charge in [-0.2, -0.15) is 0 Å². The van der Waals surface area contributed by atoms with Crippen LogP contribution in [0.2, 0.25) is 0 Å². The first-order valence-corrected chi connectivity index (χ1v) is 9.18. The number of fused-ring (bicyclic) bond motifs is 1. The molecular formula is C16H24N2O2S. The van der Waals surface area contributed by atoms with Gasteiger partial charge in [0.15, 0.2) is 0 Å². The Bertz CT molecular complexity index is 494. The Kier molecular flexibility index (Phi) is 5.79. The van der Waals surface area contributed by atoms with Crippen LogP contribution in [-0.2, 0) is 23.6 Å². The van der Waals surface area contributed by atoms with Gasteiger partial charge in [0.2, 0.25) is 0 Å². The number of carbonyl (C=O) groups is 1. The molecule has 2 rings (SSSR count). The summed E-state index contributed by atoms with van der Waals surface area (Å²) in [5.74, 6) is 1.12.